The van der Waals surface area contributed by atoms with Crippen molar-refractivity contribution in [1.29, 1.82) is 0 Å². The van der Waals surface area contributed by atoms with Gasteiger partial charge < -0.3 is 0 Å². The third-order valence-corrected chi connectivity index (χ3v) is 5.35. The van der Waals surface area contributed by atoms with Gasteiger partial charge in [-0.15, -0.1) is 0 Å². The first kappa shape index (κ1) is 16.1. The van der Waals surface area contributed by atoms with E-state index >= 15 is 0 Å². The standard InChI is InChI=1S/C20H25N5/c1-15-20(16(2)23(3)22-15)19-6-4-12-24(19)14-17-7-9-18(10-8-17)25-13-5-11-21-25/h5,7-11,13,19H,4,6,12,14H2,1-3H3. The zero-order valence-corrected chi connectivity index (χ0v) is 15.2. The molecule has 0 N–H and O–H groups in total. The van der Waals surface area contributed by atoms with Crippen LogP contribution in [0.25, 0.3) is 5.69 Å². The summed E-state index contributed by atoms with van der Waals surface area (Å²) in [5.74, 6) is 0. The Labute approximate surface area is 148 Å². The Morgan fingerprint density at radius 3 is 2.60 bits per heavy atom. The summed E-state index contributed by atoms with van der Waals surface area (Å²) in [6.45, 7) is 6.46. The normalized spacial score (nSPS) is 18.1. The zero-order chi connectivity index (χ0) is 17.4. The third-order valence-electron chi connectivity index (χ3n) is 5.35. The van der Waals surface area contributed by atoms with Crippen LogP contribution in [0.4, 0.5) is 0 Å². The highest BCUT2D eigenvalue weighted by molar-refractivity contribution is 5.34. The van der Waals surface area contributed by atoms with Crippen LogP contribution in [0, 0.1) is 13.8 Å². The minimum Gasteiger partial charge on any atom is -0.292 e. The minimum atomic E-state index is 0.486. The highest BCUT2D eigenvalue weighted by atomic mass is 15.3. The minimum absolute atomic E-state index is 0.486. The molecule has 1 saturated heterocycles. The van der Waals surface area contributed by atoms with E-state index in [1.54, 1.807) is 6.20 Å². The molecule has 1 aliphatic heterocycles. The van der Waals surface area contributed by atoms with E-state index in [0.717, 1.165) is 18.8 Å². The first-order valence-electron chi connectivity index (χ1n) is 8.96. The lowest BCUT2D eigenvalue weighted by Gasteiger charge is -2.25. The summed E-state index contributed by atoms with van der Waals surface area (Å²) in [5.41, 5.74) is 6.34. The van der Waals surface area contributed by atoms with Gasteiger partial charge in [0.05, 0.1) is 11.4 Å². The summed E-state index contributed by atoms with van der Waals surface area (Å²) in [7, 11) is 2.04. The summed E-state index contributed by atoms with van der Waals surface area (Å²) < 4.78 is 3.91. The molecule has 3 aromatic rings. The number of hydrogen-bond acceptors (Lipinski definition) is 3. The molecule has 5 nitrogen and oxygen atoms in total. The molecule has 1 fully saturated rings. The molecule has 0 radical (unpaired) electrons. The second-order valence-electron chi connectivity index (χ2n) is 6.95. The number of nitrogens with zero attached hydrogens (tertiary/aromatic N) is 5. The molecule has 1 unspecified atom stereocenters. The molecule has 1 aromatic carbocycles. The smallest absolute Gasteiger partial charge is 0.0645 e. The van der Waals surface area contributed by atoms with E-state index < -0.39 is 0 Å². The van der Waals surface area contributed by atoms with Crippen molar-refractivity contribution in [1.82, 2.24) is 24.5 Å². The maximum atomic E-state index is 4.62. The lowest BCUT2D eigenvalue weighted by atomic mass is 10.0. The highest BCUT2D eigenvalue weighted by Gasteiger charge is 2.30. The molecule has 2 aromatic heterocycles. The monoisotopic (exact) mass is 335 g/mol. The Hall–Kier alpha value is -2.40. The first-order chi connectivity index (χ1) is 12.1. The van der Waals surface area contributed by atoms with E-state index in [1.165, 1.54) is 35.4 Å². The van der Waals surface area contributed by atoms with Crippen molar-refractivity contribution in [2.24, 2.45) is 7.05 Å². The largest absolute Gasteiger partial charge is 0.292 e. The number of aryl methyl sites for hydroxylation is 2. The topological polar surface area (TPSA) is 38.9 Å². The van der Waals surface area contributed by atoms with Gasteiger partial charge in [-0.2, -0.15) is 10.2 Å². The van der Waals surface area contributed by atoms with Gasteiger partial charge in [-0.1, -0.05) is 12.1 Å². The average Bonchev–Trinajstić information content (AvgIpc) is 3.32. The molecule has 0 aliphatic carbocycles. The fourth-order valence-electron chi connectivity index (χ4n) is 4.02. The molecule has 4 rings (SSSR count). The lowest BCUT2D eigenvalue weighted by Crippen LogP contribution is -2.23. The van der Waals surface area contributed by atoms with Gasteiger partial charge >= 0.3 is 0 Å². The number of rotatable bonds is 4. The summed E-state index contributed by atoms with van der Waals surface area (Å²) >= 11 is 0. The number of hydrogen-bond donors (Lipinski definition) is 0. The van der Waals surface area contributed by atoms with Crippen molar-refractivity contribution in [3.05, 3.63) is 65.2 Å². The molecule has 130 valence electrons. The van der Waals surface area contributed by atoms with Gasteiger partial charge in [0, 0.05) is 43.3 Å². The van der Waals surface area contributed by atoms with E-state index in [1.807, 2.05) is 28.7 Å². The first-order valence-corrected chi connectivity index (χ1v) is 8.96. The van der Waals surface area contributed by atoms with Crippen LogP contribution < -0.4 is 0 Å². The van der Waals surface area contributed by atoms with Crippen molar-refractivity contribution in [2.45, 2.75) is 39.3 Å². The summed E-state index contributed by atoms with van der Waals surface area (Å²) in [6, 6.07) is 11.2. The Balaban J connectivity index is 1.53. The van der Waals surface area contributed by atoms with E-state index in [9.17, 15) is 0 Å². The fourth-order valence-corrected chi connectivity index (χ4v) is 4.02. The summed E-state index contributed by atoms with van der Waals surface area (Å²) in [5, 5.41) is 8.91. The second-order valence-corrected chi connectivity index (χ2v) is 6.95. The lowest BCUT2D eigenvalue weighted by molar-refractivity contribution is 0.247. The van der Waals surface area contributed by atoms with Gasteiger partial charge in [0.15, 0.2) is 0 Å². The SMILES string of the molecule is Cc1nn(C)c(C)c1C1CCCN1Cc1ccc(-n2cccn2)cc1. The molecule has 25 heavy (non-hydrogen) atoms. The van der Waals surface area contributed by atoms with Gasteiger partial charge in [-0.3, -0.25) is 9.58 Å². The number of benzene rings is 1. The number of likely N-dealkylation sites (tertiary alicyclic amines) is 1. The fraction of sp³-hybridized carbons (Fsp3) is 0.400. The van der Waals surface area contributed by atoms with Crippen molar-refractivity contribution in [3.63, 3.8) is 0 Å². The van der Waals surface area contributed by atoms with E-state index in [2.05, 4.69) is 53.2 Å². The summed E-state index contributed by atoms with van der Waals surface area (Å²) in [4.78, 5) is 2.60. The van der Waals surface area contributed by atoms with Crippen LogP contribution in [0.1, 0.15) is 41.4 Å². The quantitative estimate of drug-likeness (QED) is 0.732. The van der Waals surface area contributed by atoms with E-state index in [4.69, 9.17) is 0 Å². The van der Waals surface area contributed by atoms with Crippen molar-refractivity contribution >= 4 is 0 Å². The highest BCUT2D eigenvalue weighted by Crippen LogP contribution is 2.36. The Morgan fingerprint density at radius 1 is 1.16 bits per heavy atom. The molecule has 0 bridgehead atoms. The average molecular weight is 335 g/mol. The van der Waals surface area contributed by atoms with Gasteiger partial charge in [0.2, 0.25) is 0 Å². The maximum Gasteiger partial charge on any atom is 0.0645 e. The third kappa shape index (κ3) is 3.00. The Bertz CT molecular complexity index is 845. The molecule has 1 atom stereocenters. The predicted octanol–water partition coefficient (Wildman–Crippen LogP) is 3.56. The maximum absolute atomic E-state index is 4.62. The van der Waals surface area contributed by atoms with Crippen LogP contribution in [0.3, 0.4) is 0 Å². The molecule has 0 saturated carbocycles. The van der Waals surface area contributed by atoms with Crippen LogP contribution in [-0.4, -0.2) is 31.0 Å². The van der Waals surface area contributed by atoms with Crippen molar-refractivity contribution in [2.75, 3.05) is 6.54 Å². The molecule has 3 heterocycles. The molecule has 0 amide bonds. The van der Waals surface area contributed by atoms with Crippen LogP contribution in [0.5, 0.6) is 0 Å². The zero-order valence-electron chi connectivity index (χ0n) is 15.2. The second kappa shape index (κ2) is 6.48. The van der Waals surface area contributed by atoms with Gasteiger partial charge in [0.1, 0.15) is 0 Å². The number of aromatic nitrogens is 4. The van der Waals surface area contributed by atoms with Crippen LogP contribution in [-0.2, 0) is 13.6 Å². The molecular formula is C20H25N5. The molecule has 1 aliphatic rings. The van der Waals surface area contributed by atoms with Crippen molar-refractivity contribution < 1.29 is 0 Å². The predicted molar refractivity (Wildman–Crippen MR) is 98.6 cm³/mol. The van der Waals surface area contributed by atoms with Crippen molar-refractivity contribution in [3.8, 4) is 5.69 Å². The molecule has 5 heteroatoms. The van der Waals surface area contributed by atoms with Crippen LogP contribution >= 0.6 is 0 Å². The van der Waals surface area contributed by atoms with E-state index in [-0.39, 0.29) is 0 Å². The van der Waals surface area contributed by atoms with E-state index in [0.29, 0.717) is 6.04 Å². The van der Waals surface area contributed by atoms with Gasteiger partial charge in [-0.25, -0.2) is 4.68 Å². The van der Waals surface area contributed by atoms with Gasteiger partial charge in [0.25, 0.3) is 0 Å². The Morgan fingerprint density at radius 2 is 1.96 bits per heavy atom. The molecular weight excluding hydrogens is 310 g/mol. The Kier molecular flexibility index (Phi) is 4.17. The van der Waals surface area contributed by atoms with Crippen LogP contribution in [0.15, 0.2) is 42.7 Å². The molecule has 0 spiro atoms. The van der Waals surface area contributed by atoms with Gasteiger partial charge in [-0.05, 0) is 57.0 Å². The summed E-state index contributed by atoms with van der Waals surface area (Å²) in [6.07, 6.45) is 6.25. The van der Waals surface area contributed by atoms with Crippen LogP contribution in [0.2, 0.25) is 0 Å².